The Kier molecular flexibility index (Phi) is 7.87. The van der Waals surface area contributed by atoms with Gasteiger partial charge in [-0.1, -0.05) is 12.1 Å². The van der Waals surface area contributed by atoms with Crippen LogP contribution < -0.4 is 4.74 Å². The molecule has 1 aromatic carbocycles. The van der Waals surface area contributed by atoms with E-state index in [1.54, 1.807) is 27.9 Å². The van der Waals surface area contributed by atoms with Gasteiger partial charge in [0.2, 0.25) is 0 Å². The number of carbonyl (C=O) groups is 2. The summed E-state index contributed by atoms with van der Waals surface area (Å²) < 4.78 is 15.5. The third kappa shape index (κ3) is 6.61. The van der Waals surface area contributed by atoms with Crippen LogP contribution in [0.3, 0.4) is 0 Å². The van der Waals surface area contributed by atoms with Crippen LogP contribution in [-0.4, -0.2) is 78.6 Å². The molecule has 0 spiro atoms. The van der Waals surface area contributed by atoms with Gasteiger partial charge >= 0.3 is 12.1 Å². The first-order valence-corrected chi connectivity index (χ1v) is 9.71. The number of rotatable bonds is 6. The number of carbonyl (C=O) groups excluding carboxylic acids is 2. The highest BCUT2D eigenvalue weighted by Crippen LogP contribution is 2.24. The highest BCUT2D eigenvalue weighted by molar-refractivity contribution is 5.73. The zero-order valence-electron chi connectivity index (χ0n) is 17.9. The van der Waals surface area contributed by atoms with Crippen molar-refractivity contribution in [3.05, 3.63) is 29.8 Å². The van der Waals surface area contributed by atoms with Crippen molar-refractivity contribution in [3.63, 3.8) is 0 Å². The van der Waals surface area contributed by atoms with Crippen molar-refractivity contribution < 1.29 is 28.9 Å². The summed E-state index contributed by atoms with van der Waals surface area (Å²) in [6.45, 7) is 6.54. The zero-order valence-corrected chi connectivity index (χ0v) is 17.9. The van der Waals surface area contributed by atoms with Gasteiger partial charge < -0.3 is 24.2 Å². The third-order valence-electron chi connectivity index (χ3n) is 4.82. The van der Waals surface area contributed by atoms with Gasteiger partial charge in [0.25, 0.3) is 0 Å². The molecule has 2 atom stereocenters. The number of ether oxygens (including phenoxy) is 3. The van der Waals surface area contributed by atoms with E-state index in [0.717, 1.165) is 11.3 Å². The number of hydrogen-bond acceptors (Lipinski definition) is 7. The SMILES string of the molecule is COC(=O)C[C@@H]1CN(Cc2ccc(OC)cc2)[C@@H](CO)CN1C(=O)OC(C)(C)C. The zero-order chi connectivity index (χ0) is 21.6. The van der Waals surface area contributed by atoms with E-state index in [0.29, 0.717) is 13.1 Å². The highest BCUT2D eigenvalue weighted by atomic mass is 16.6. The van der Waals surface area contributed by atoms with Crippen LogP contribution in [-0.2, 0) is 20.8 Å². The molecule has 1 aliphatic rings. The van der Waals surface area contributed by atoms with Crippen LogP contribution in [0.2, 0.25) is 0 Å². The van der Waals surface area contributed by atoms with Crippen molar-refractivity contribution in [1.82, 2.24) is 9.80 Å². The molecular formula is C21H32N2O6. The highest BCUT2D eigenvalue weighted by Gasteiger charge is 2.39. The quantitative estimate of drug-likeness (QED) is 0.721. The van der Waals surface area contributed by atoms with Crippen LogP contribution in [0.15, 0.2) is 24.3 Å². The fourth-order valence-electron chi connectivity index (χ4n) is 3.34. The van der Waals surface area contributed by atoms with Crippen molar-refractivity contribution >= 4 is 12.1 Å². The minimum Gasteiger partial charge on any atom is -0.497 e. The maximum absolute atomic E-state index is 12.7. The molecule has 1 N–H and O–H groups in total. The van der Waals surface area contributed by atoms with Gasteiger partial charge in [-0.2, -0.15) is 0 Å². The van der Waals surface area contributed by atoms with Gasteiger partial charge in [0.15, 0.2) is 0 Å². The number of nitrogens with zero attached hydrogens (tertiary/aromatic N) is 2. The van der Waals surface area contributed by atoms with E-state index in [2.05, 4.69) is 4.90 Å². The average molecular weight is 408 g/mol. The number of methoxy groups -OCH3 is 2. The predicted octanol–water partition coefficient (Wildman–Crippen LogP) is 2.04. The van der Waals surface area contributed by atoms with Crippen LogP contribution in [0.25, 0.3) is 0 Å². The number of piperazine rings is 1. The van der Waals surface area contributed by atoms with E-state index in [1.807, 2.05) is 24.3 Å². The molecule has 1 aromatic rings. The van der Waals surface area contributed by atoms with Crippen molar-refractivity contribution in [1.29, 1.82) is 0 Å². The molecule has 2 rings (SSSR count). The maximum Gasteiger partial charge on any atom is 0.410 e. The first-order chi connectivity index (χ1) is 13.7. The van der Waals surface area contributed by atoms with Crippen molar-refractivity contribution in [3.8, 4) is 5.75 Å². The Hall–Kier alpha value is -2.32. The van der Waals surface area contributed by atoms with Crippen molar-refractivity contribution in [2.24, 2.45) is 0 Å². The molecule has 0 saturated carbocycles. The monoisotopic (exact) mass is 408 g/mol. The van der Waals surface area contributed by atoms with E-state index >= 15 is 0 Å². The second kappa shape index (κ2) is 9.93. The van der Waals surface area contributed by atoms with Gasteiger partial charge in [0.05, 0.1) is 39.3 Å². The van der Waals surface area contributed by atoms with Crippen molar-refractivity contribution in [2.45, 2.75) is 51.4 Å². The summed E-state index contributed by atoms with van der Waals surface area (Å²) in [6.07, 6.45) is -0.429. The van der Waals surface area contributed by atoms with E-state index in [9.17, 15) is 14.7 Å². The molecule has 1 fully saturated rings. The lowest BCUT2D eigenvalue weighted by atomic mass is 10.0. The van der Waals surface area contributed by atoms with Crippen LogP contribution in [0.1, 0.15) is 32.8 Å². The Bertz CT molecular complexity index is 685. The second-order valence-corrected chi connectivity index (χ2v) is 8.18. The normalized spacial score (nSPS) is 20.3. The molecule has 0 bridgehead atoms. The smallest absolute Gasteiger partial charge is 0.410 e. The molecule has 1 aliphatic heterocycles. The van der Waals surface area contributed by atoms with Crippen molar-refractivity contribution in [2.75, 3.05) is 33.9 Å². The summed E-state index contributed by atoms with van der Waals surface area (Å²) in [4.78, 5) is 28.3. The Morgan fingerprint density at radius 2 is 1.76 bits per heavy atom. The number of aliphatic hydroxyl groups is 1. The molecule has 0 radical (unpaired) electrons. The lowest BCUT2D eigenvalue weighted by Crippen LogP contribution is -2.61. The van der Waals surface area contributed by atoms with Gasteiger partial charge in [0, 0.05) is 19.6 Å². The molecule has 1 amide bonds. The van der Waals surface area contributed by atoms with E-state index in [4.69, 9.17) is 14.2 Å². The number of aliphatic hydroxyl groups excluding tert-OH is 1. The summed E-state index contributed by atoms with van der Waals surface area (Å²) in [6, 6.07) is 7.01. The van der Waals surface area contributed by atoms with Crippen LogP contribution in [0.5, 0.6) is 5.75 Å². The fourth-order valence-corrected chi connectivity index (χ4v) is 3.34. The Labute approximate surface area is 172 Å². The number of benzene rings is 1. The number of esters is 1. The van der Waals surface area contributed by atoms with E-state index in [-0.39, 0.29) is 25.6 Å². The predicted molar refractivity (Wildman–Crippen MR) is 108 cm³/mol. The summed E-state index contributed by atoms with van der Waals surface area (Å²) >= 11 is 0. The maximum atomic E-state index is 12.7. The van der Waals surface area contributed by atoms with E-state index < -0.39 is 23.7 Å². The van der Waals surface area contributed by atoms with Gasteiger partial charge in [-0.15, -0.1) is 0 Å². The molecule has 1 heterocycles. The lowest BCUT2D eigenvalue weighted by molar-refractivity contribution is -0.143. The first kappa shape index (κ1) is 23.0. The molecule has 29 heavy (non-hydrogen) atoms. The van der Waals surface area contributed by atoms with Gasteiger partial charge in [-0.05, 0) is 38.5 Å². The third-order valence-corrected chi connectivity index (χ3v) is 4.82. The minimum absolute atomic E-state index is 0.0625. The number of hydrogen-bond donors (Lipinski definition) is 1. The summed E-state index contributed by atoms with van der Waals surface area (Å²) in [5.41, 5.74) is 0.397. The molecule has 1 saturated heterocycles. The lowest BCUT2D eigenvalue weighted by Gasteiger charge is -2.45. The van der Waals surface area contributed by atoms with Crippen LogP contribution in [0, 0.1) is 0 Å². The fraction of sp³-hybridized carbons (Fsp3) is 0.619. The van der Waals surface area contributed by atoms with Gasteiger partial charge in [0.1, 0.15) is 11.4 Å². The summed E-state index contributed by atoms with van der Waals surface area (Å²) in [5, 5.41) is 9.94. The molecule has 8 heteroatoms. The molecule has 8 nitrogen and oxygen atoms in total. The van der Waals surface area contributed by atoms with Gasteiger partial charge in [-0.3, -0.25) is 9.69 Å². The van der Waals surface area contributed by atoms with Crippen LogP contribution >= 0.6 is 0 Å². The molecule has 0 aromatic heterocycles. The Morgan fingerprint density at radius 1 is 1.10 bits per heavy atom. The Morgan fingerprint density at radius 3 is 2.28 bits per heavy atom. The standard InChI is InChI=1S/C21H32N2O6/c1-21(2,3)29-20(26)23-13-17(14-24)22(12-16(23)10-19(25)28-5)11-15-6-8-18(27-4)9-7-15/h6-9,16-17,24H,10-14H2,1-5H3/t16-,17-/m1/s1. The summed E-state index contributed by atoms with van der Waals surface area (Å²) in [5.74, 6) is 0.376. The molecular weight excluding hydrogens is 376 g/mol. The average Bonchev–Trinajstić information content (AvgIpc) is 2.67. The number of amides is 1. The Balaban J connectivity index is 2.19. The largest absolute Gasteiger partial charge is 0.497 e. The van der Waals surface area contributed by atoms with E-state index in [1.165, 1.54) is 12.0 Å². The molecule has 0 unspecified atom stereocenters. The topological polar surface area (TPSA) is 88.5 Å². The second-order valence-electron chi connectivity index (χ2n) is 8.18. The molecule has 0 aliphatic carbocycles. The van der Waals surface area contributed by atoms with Crippen LogP contribution in [0.4, 0.5) is 4.79 Å². The first-order valence-electron chi connectivity index (χ1n) is 9.71. The van der Waals surface area contributed by atoms with Gasteiger partial charge in [-0.25, -0.2) is 4.79 Å². The minimum atomic E-state index is -0.651. The summed E-state index contributed by atoms with van der Waals surface area (Å²) in [7, 11) is 2.94. The molecule has 162 valence electrons.